The summed E-state index contributed by atoms with van der Waals surface area (Å²) in [7, 11) is 0. The summed E-state index contributed by atoms with van der Waals surface area (Å²) in [5, 5.41) is 0. The van der Waals surface area contributed by atoms with Crippen LogP contribution in [-0.2, 0) is 32.1 Å². The molecule has 82 heavy (non-hydrogen) atoms. The molecule has 0 saturated heterocycles. The molecular weight excluding hydrogens is 995 g/mol. The first-order chi connectivity index (χ1) is 39.1. The lowest BCUT2D eigenvalue weighted by Crippen LogP contribution is -1.97. The van der Waals surface area contributed by atoms with E-state index in [1.54, 1.807) is 0 Å². The summed E-state index contributed by atoms with van der Waals surface area (Å²) >= 11 is 0. The SMILES string of the molecule is Cc1cc(C)c2c(n1)Cc1cc(C)c(C)cc1-2.Cc1cc2c(cc1C)-c1c(ncc(C)c1C)C2.Cc1cc2c(cc1C)-c1cc(C)c(C)nc1C2.Cc1cc2c(nc1C)-c1ccccc1C2.Cc1nc2c(c(C)c1C)Cc1ccccc1-2. The van der Waals surface area contributed by atoms with Crippen molar-refractivity contribution in [1.82, 2.24) is 24.9 Å². The van der Waals surface area contributed by atoms with Crippen molar-refractivity contribution in [2.24, 2.45) is 0 Å². The summed E-state index contributed by atoms with van der Waals surface area (Å²) in [6.45, 7) is 36.7. The van der Waals surface area contributed by atoms with Gasteiger partial charge in [-0.25, -0.2) is 0 Å². The van der Waals surface area contributed by atoms with Gasteiger partial charge in [0.25, 0.3) is 0 Å². The van der Waals surface area contributed by atoms with Crippen molar-refractivity contribution in [3.8, 4) is 55.9 Å². The third kappa shape index (κ3) is 10.3. The van der Waals surface area contributed by atoms with Crippen molar-refractivity contribution in [2.75, 3.05) is 0 Å². The molecule has 0 bridgehead atoms. The first-order valence-electron chi connectivity index (χ1n) is 29.4. The van der Waals surface area contributed by atoms with Crippen LogP contribution in [0.5, 0.6) is 0 Å². The minimum Gasteiger partial charge on any atom is -0.260 e. The van der Waals surface area contributed by atoms with E-state index in [0.717, 1.165) is 54.9 Å². The minimum atomic E-state index is 0.993. The highest BCUT2D eigenvalue weighted by molar-refractivity contribution is 5.82. The molecule has 0 unspecified atom stereocenters. The lowest BCUT2D eigenvalue weighted by atomic mass is 9.97. The molecule has 5 aliphatic rings. The molecule has 15 rings (SSSR count). The van der Waals surface area contributed by atoms with Crippen LogP contribution in [0.4, 0.5) is 0 Å². The highest BCUT2D eigenvalue weighted by Crippen LogP contribution is 2.43. The Bertz CT molecular complexity index is 4210. The number of benzene rings is 5. The molecule has 0 spiro atoms. The minimum absolute atomic E-state index is 0.993. The standard InChI is InChI=1S/3C16H17N.C15H15N.C14H13N/c1-9-6-13-8-15-16(14(13)7-10(9)2)11(3)5-12(4)17-15;1-9-5-13-7-15-16(14(13)6-10(9)2)12(4)11(3)8-17-15;1-9-5-13-8-16-15(14(13)6-10(9)2)7-11(3)12(4)17-16;1-9-10(2)14-8-12-6-4-5-7-13(12)15(14)16-11(9)3;1-9-7-12-8-11-5-3-4-6-13(11)14(12)15-10(9)2/h5-7H,8H2,1-4H3;5-6,8H,7H2,1-4H3;5-7H,8H2,1-4H3;4-7H,8H2,1-3H3;3-7H,8H2,1-2H3. The van der Waals surface area contributed by atoms with Crippen molar-refractivity contribution >= 4 is 0 Å². The fourth-order valence-corrected chi connectivity index (χ4v) is 12.9. The number of rotatable bonds is 0. The average molecular weight is 1070 g/mol. The molecule has 0 radical (unpaired) electrons. The molecule has 0 saturated carbocycles. The molecule has 5 heterocycles. The van der Waals surface area contributed by atoms with Crippen LogP contribution in [-0.4, -0.2) is 24.9 Å². The van der Waals surface area contributed by atoms with Gasteiger partial charge in [0.05, 0.1) is 28.5 Å². The molecule has 0 fully saturated rings. The van der Waals surface area contributed by atoms with Crippen molar-refractivity contribution in [2.45, 2.75) is 150 Å². The van der Waals surface area contributed by atoms with Crippen LogP contribution < -0.4 is 0 Å². The molecule has 0 aliphatic heterocycles. The monoisotopic (exact) mass is 1070 g/mol. The molecule has 5 heteroatoms. The highest BCUT2D eigenvalue weighted by atomic mass is 14.7. The van der Waals surface area contributed by atoms with Gasteiger partial charge in [0.15, 0.2) is 0 Å². The van der Waals surface area contributed by atoms with Crippen LogP contribution in [0, 0.1) is 118 Å². The van der Waals surface area contributed by atoms with E-state index in [1.807, 2.05) is 6.20 Å². The number of aromatic nitrogens is 5. The number of pyridine rings is 5. The van der Waals surface area contributed by atoms with Gasteiger partial charge in [-0.3, -0.25) is 24.9 Å². The molecular formula is C77H79N5. The van der Waals surface area contributed by atoms with Crippen LogP contribution >= 0.6 is 0 Å². The molecule has 5 aromatic heterocycles. The van der Waals surface area contributed by atoms with Crippen LogP contribution in [0.3, 0.4) is 0 Å². The van der Waals surface area contributed by atoms with E-state index in [0.29, 0.717) is 0 Å². The second-order valence-corrected chi connectivity index (χ2v) is 24.3. The first kappa shape index (κ1) is 55.7. The lowest BCUT2D eigenvalue weighted by molar-refractivity contribution is 1.05. The van der Waals surface area contributed by atoms with E-state index in [4.69, 9.17) is 15.0 Å². The average Bonchev–Trinajstić information content (AvgIpc) is 3.44. The fourth-order valence-electron chi connectivity index (χ4n) is 12.9. The number of nitrogens with zero attached hydrogens (tertiary/aromatic N) is 5. The van der Waals surface area contributed by atoms with E-state index in [9.17, 15) is 0 Å². The maximum Gasteiger partial charge on any atom is 0.0746 e. The van der Waals surface area contributed by atoms with E-state index in [-0.39, 0.29) is 0 Å². The topological polar surface area (TPSA) is 64.5 Å². The summed E-state index contributed by atoms with van der Waals surface area (Å²) < 4.78 is 0. The summed E-state index contributed by atoms with van der Waals surface area (Å²) in [6.07, 6.45) is 7.07. The maximum atomic E-state index is 4.76. The summed E-state index contributed by atoms with van der Waals surface area (Å²) in [6, 6.07) is 37.8. The van der Waals surface area contributed by atoms with Gasteiger partial charge in [0, 0.05) is 88.9 Å². The number of hydrogen-bond acceptors (Lipinski definition) is 5. The normalized spacial score (nSPS) is 12.5. The molecule has 5 aliphatic carbocycles. The van der Waals surface area contributed by atoms with Crippen LogP contribution in [0.25, 0.3) is 55.9 Å². The lowest BCUT2D eigenvalue weighted by Gasteiger charge is -2.10. The second-order valence-electron chi connectivity index (χ2n) is 24.3. The Kier molecular flexibility index (Phi) is 14.9. The third-order valence-corrected chi connectivity index (χ3v) is 18.7. The zero-order chi connectivity index (χ0) is 58.2. The van der Waals surface area contributed by atoms with Gasteiger partial charge in [-0.15, -0.1) is 0 Å². The van der Waals surface area contributed by atoms with Gasteiger partial charge in [0.2, 0.25) is 0 Å². The molecule has 0 N–H and O–H groups in total. The van der Waals surface area contributed by atoms with Crippen LogP contribution in [0.15, 0.2) is 109 Å². The molecule has 10 aromatic rings. The molecule has 5 nitrogen and oxygen atoms in total. The predicted molar refractivity (Wildman–Crippen MR) is 343 cm³/mol. The fraction of sp³-hybridized carbons (Fsp3) is 0.286. The van der Waals surface area contributed by atoms with Crippen molar-refractivity contribution in [3.05, 3.63) is 260 Å². The summed E-state index contributed by atoms with van der Waals surface area (Å²) in [5.41, 5.74) is 49.2. The van der Waals surface area contributed by atoms with Gasteiger partial charge in [-0.1, -0.05) is 91.0 Å². The van der Waals surface area contributed by atoms with Gasteiger partial charge in [-0.2, -0.15) is 0 Å². The smallest absolute Gasteiger partial charge is 0.0746 e. The quantitative estimate of drug-likeness (QED) is 0.151. The molecule has 412 valence electrons. The highest BCUT2D eigenvalue weighted by Gasteiger charge is 2.27. The largest absolute Gasteiger partial charge is 0.260 e. The van der Waals surface area contributed by atoms with E-state index in [1.165, 1.54) is 184 Å². The van der Waals surface area contributed by atoms with E-state index >= 15 is 0 Å². The number of fused-ring (bicyclic) bond motifs is 15. The number of hydrogen-bond donors (Lipinski definition) is 0. The van der Waals surface area contributed by atoms with Gasteiger partial charge in [0.1, 0.15) is 0 Å². The third-order valence-electron chi connectivity index (χ3n) is 18.7. The van der Waals surface area contributed by atoms with Gasteiger partial charge in [-0.05, 0) is 258 Å². The van der Waals surface area contributed by atoms with Crippen molar-refractivity contribution < 1.29 is 0 Å². The molecule has 0 amide bonds. The van der Waals surface area contributed by atoms with E-state index < -0.39 is 0 Å². The zero-order valence-electron chi connectivity index (χ0n) is 51.7. The molecule has 5 aromatic carbocycles. The molecule has 0 atom stereocenters. The summed E-state index contributed by atoms with van der Waals surface area (Å²) in [4.78, 5) is 23.5. The second kappa shape index (κ2) is 22.0. The Balaban J connectivity index is 0.000000108. The van der Waals surface area contributed by atoms with Crippen molar-refractivity contribution in [3.63, 3.8) is 0 Å². The Morgan fingerprint density at radius 2 is 0.756 bits per heavy atom. The predicted octanol–water partition coefficient (Wildman–Crippen LogP) is 18.5. The maximum absolute atomic E-state index is 4.76. The summed E-state index contributed by atoms with van der Waals surface area (Å²) in [5.74, 6) is 0. The first-order valence-corrected chi connectivity index (χ1v) is 29.4. The van der Waals surface area contributed by atoms with Gasteiger partial charge < -0.3 is 0 Å². The Hall–Kier alpha value is -8.15. The Morgan fingerprint density at radius 3 is 1.40 bits per heavy atom. The van der Waals surface area contributed by atoms with Crippen LogP contribution in [0.2, 0.25) is 0 Å². The van der Waals surface area contributed by atoms with E-state index in [2.05, 4.69) is 231 Å². The Morgan fingerprint density at radius 1 is 0.280 bits per heavy atom. The van der Waals surface area contributed by atoms with Crippen molar-refractivity contribution in [1.29, 1.82) is 0 Å². The van der Waals surface area contributed by atoms with Crippen LogP contribution in [0.1, 0.15) is 151 Å². The number of aryl methyl sites for hydroxylation is 14. The Labute approximate surface area is 488 Å². The van der Waals surface area contributed by atoms with Gasteiger partial charge >= 0.3 is 0 Å². The zero-order valence-corrected chi connectivity index (χ0v) is 51.7.